The molecule has 0 radical (unpaired) electrons. The number of fused-ring (bicyclic) bond motifs is 1. The molecule has 2 aromatic heterocycles. The lowest BCUT2D eigenvalue weighted by atomic mass is 10.1. The minimum absolute atomic E-state index is 0.166. The molecule has 158 valence electrons. The van der Waals surface area contributed by atoms with Crippen molar-refractivity contribution < 1.29 is 9.18 Å². The molecule has 0 aliphatic carbocycles. The monoisotopic (exact) mass is 473 g/mol. The number of H-pyrrole nitrogens is 1. The molecule has 0 aliphatic rings. The van der Waals surface area contributed by atoms with E-state index < -0.39 is 5.25 Å². The molecule has 0 aliphatic heterocycles. The van der Waals surface area contributed by atoms with Gasteiger partial charge in [-0.15, -0.1) is 11.3 Å². The average Bonchev–Trinajstić information content (AvgIpc) is 3.18. The van der Waals surface area contributed by atoms with Crippen molar-refractivity contribution in [1.82, 2.24) is 15.3 Å². The van der Waals surface area contributed by atoms with Gasteiger partial charge in [0.05, 0.1) is 10.6 Å². The topological polar surface area (TPSA) is 74.8 Å². The smallest absolute Gasteiger partial charge is 0.260 e. The van der Waals surface area contributed by atoms with Gasteiger partial charge in [0.25, 0.3) is 5.56 Å². The Morgan fingerprint density at radius 2 is 1.94 bits per heavy atom. The number of aromatic amines is 1. The van der Waals surface area contributed by atoms with Gasteiger partial charge in [0.1, 0.15) is 10.6 Å². The molecule has 0 saturated heterocycles. The highest BCUT2D eigenvalue weighted by Gasteiger charge is 2.18. The van der Waals surface area contributed by atoms with E-state index in [0.717, 1.165) is 11.1 Å². The van der Waals surface area contributed by atoms with Crippen LogP contribution in [0.1, 0.15) is 12.5 Å². The Balaban J connectivity index is 1.48. The SMILES string of the molecule is CC(Sc1nc2scc(-c3ccc(F)cc3)c2c(=O)[nH]1)C(=O)NCc1ccc(Cl)cc1. The third-order valence-corrected chi connectivity index (χ3v) is 6.72. The lowest BCUT2D eigenvalue weighted by Gasteiger charge is -2.11. The summed E-state index contributed by atoms with van der Waals surface area (Å²) >= 11 is 8.39. The first-order chi connectivity index (χ1) is 14.9. The molecule has 1 atom stereocenters. The molecule has 0 fully saturated rings. The first-order valence-corrected chi connectivity index (χ1v) is 11.5. The van der Waals surface area contributed by atoms with Gasteiger partial charge in [-0.2, -0.15) is 0 Å². The molecule has 4 rings (SSSR count). The lowest BCUT2D eigenvalue weighted by molar-refractivity contribution is -0.120. The number of carbonyl (C=O) groups excluding carboxylic acids is 1. The zero-order valence-electron chi connectivity index (χ0n) is 16.3. The number of thiophene rings is 1. The van der Waals surface area contributed by atoms with Crippen LogP contribution in [0.5, 0.6) is 0 Å². The molecule has 0 spiro atoms. The predicted octanol–water partition coefficient (Wildman–Crippen LogP) is 5.24. The zero-order chi connectivity index (χ0) is 22.0. The number of rotatable bonds is 6. The zero-order valence-corrected chi connectivity index (χ0v) is 18.7. The van der Waals surface area contributed by atoms with E-state index in [1.54, 1.807) is 31.2 Å². The van der Waals surface area contributed by atoms with E-state index >= 15 is 0 Å². The molecular formula is C22H17ClFN3O2S2. The van der Waals surface area contributed by atoms with Crippen molar-refractivity contribution in [3.8, 4) is 11.1 Å². The quantitative estimate of drug-likeness (QED) is 0.296. The van der Waals surface area contributed by atoms with Crippen molar-refractivity contribution in [2.75, 3.05) is 0 Å². The number of nitrogens with one attached hydrogen (secondary N) is 2. The molecule has 4 aromatic rings. The van der Waals surface area contributed by atoms with Crippen molar-refractivity contribution in [3.63, 3.8) is 0 Å². The first-order valence-electron chi connectivity index (χ1n) is 9.37. The van der Waals surface area contributed by atoms with Crippen LogP contribution in [0.2, 0.25) is 5.02 Å². The third-order valence-electron chi connectivity index (χ3n) is 4.62. The van der Waals surface area contributed by atoms with Gasteiger partial charge in [0.2, 0.25) is 5.91 Å². The van der Waals surface area contributed by atoms with Gasteiger partial charge in [0, 0.05) is 22.5 Å². The van der Waals surface area contributed by atoms with Crippen LogP contribution in [0.4, 0.5) is 4.39 Å². The Bertz CT molecular complexity index is 1290. The maximum Gasteiger partial charge on any atom is 0.260 e. The Morgan fingerprint density at radius 3 is 2.65 bits per heavy atom. The molecule has 9 heteroatoms. The fourth-order valence-electron chi connectivity index (χ4n) is 2.98. The van der Waals surface area contributed by atoms with E-state index in [4.69, 9.17) is 11.6 Å². The summed E-state index contributed by atoms with van der Waals surface area (Å²) in [5, 5.41) is 5.72. The van der Waals surface area contributed by atoms with Gasteiger partial charge in [-0.05, 0) is 42.3 Å². The number of carbonyl (C=O) groups is 1. The second kappa shape index (κ2) is 9.21. The van der Waals surface area contributed by atoms with Crippen molar-refractivity contribution in [1.29, 1.82) is 0 Å². The summed E-state index contributed by atoms with van der Waals surface area (Å²) in [4.78, 5) is 33.0. The van der Waals surface area contributed by atoms with E-state index in [9.17, 15) is 14.0 Å². The number of nitrogens with zero attached hydrogens (tertiary/aromatic N) is 1. The van der Waals surface area contributed by atoms with Gasteiger partial charge in [0.15, 0.2) is 5.16 Å². The predicted molar refractivity (Wildman–Crippen MR) is 124 cm³/mol. The highest BCUT2D eigenvalue weighted by Crippen LogP contribution is 2.32. The van der Waals surface area contributed by atoms with Crippen molar-refractivity contribution in [3.05, 3.63) is 80.7 Å². The van der Waals surface area contributed by atoms with Gasteiger partial charge < -0.3 is 10.3 Å². The molecule has 1 amide bonds. The third kappa shape index (κ3) is 4.98. The van der Waals surface area contributed by atoms with Crippen LogP contribution >= 0.6 is 34.7 Å². The van der Waals surface area contributed by atoms with Crippen LogP contribution < -0.4 is 10.9 Å². The summed E-state index contributed by atoms with van der Waals surface area (Å²) in [6.45, 7) is 2.14. The van der Waals surface area contributed by atoms with Crippen molar-refractivity contribution in [2.24, 2.45) is 0 Å². The normalized spacial score (nSPS) is 12.1. The summed E-state index contributed by atoms with van der Waals surface area (Å²) in [5.74, 6) is -0.502. The second-order valence-electron chi connectivity index (χ2n) is 6.81. The summed E-state index contributed by atoms with van der Waals surface area (Å²) in [6, 6.07) is 13.2. The van der Waals surface area contributed by atoms with Gasteiger partial charge in [-0.3, -0.25) is 9.59 Å². The van der Waals surface area contributed by atoms with E-state index in [0.29, 0.717) is 32.5 Å². The van der Waals surface area contributed by atoms with Gasteiger partial charge >= 0.3 is 0 Å². The number of aromatic nitrogens is 2. The standard InChI is InChI=1S/C22H17ClFN3O2S2/c1-12(19(28)25-10-13-2-6-15(23)7-3-13)31-22-26-20(29)18-17(11-30-21(18)27-22)14-4-8-16(24)9-5-14/h2-9,11-12H,10H2,1H3,(H,25,28)(H,26,27,29). The number of benzene rings is 2. The average molecular weight is 474 g/mol. The molecule has 0 bridgehead atoms. The summed E-state index contributed by atoms with van der Waals surface area (Å²) in [6.07, 6.45) is 0. The van der Waals surface area contributed by atoms with Gasteiger partial charge in [-0.1, -0.05) is 47.6 Å². The largest absolute Gasteiger partial charge is 0.351 e. The fourth-order valence-corrected chi connectivity index (χ4v) is 4.94. The van der Waals surface area contributed by atoms with Crippen LogP contribution in [-0.4, -0.2) is 21.1 Å². The number of thioether (sulfide) groups is 1. The molecule has 2 heterocycles. The van der Waals surface area contributed by atoms with Gasteiger partial charge in [-0.25, -0.2) is 9.37 Å². The molecular weight excluding hydrogens is 457 g/mol. The molecule has 1 unspecified atom stereocenters. The number of hydrogen-bond acceptors (Lipinski definition) is 5. The number of hydrogen-bond donors (Lipinski definition) is 2. The number of amides is 1. The van der Waals surface area contributed by atoms with E-state index in [-0.39, 0.29) is 17.3 Å². The van der Waals surface area contributed by atoms with Crippen LogP contribution in [0.3, 0.4) is 0 Å². The van der Waals surface area contributed by atoms with E-state index in [1.807, 2.05) is 17.5 Å². The first kappa shape index (κ1) is 21.5. The summed E-state index contributed by atoms with van der Waals surface area (Å²) in [5.41, 5.74) is 2.10. The molecule has 31 heavy (non-hydrogen) atoms. The maximum atomic E-state index is 13.2. The highest BCUT2D eigenvalue weighted by atomic mass is 35.5. The highest BCUT2D eigenvalue weighted by molar-refractivity contribution is 8.00. The Hall–Kier alpha value is -2.68. The van der Waals surface area contributed by atoms with Crippen molar-refractivity contribution in [2.45, 2.75) is 23.9 Å². The Morgan fingerprint density at radius 1 is 1.23 bits per heavy atom. The molecule has 2 N–H and O–H groups in total. The van der Waals surface area contributed by atoms with Crippen LogP contribution in [0, 0.1) is 5.82 Å². The molecule has 5 nitrogen and oxygen atoms in total. The van der Waals surface area contributed by atoms with Crippen LogP contribution in [0.25, 0.3) is 21.3 Å². The lowest BCUT2D eigenvalue weighted by Crippen LogP contribution is -2.30. The maximum absolute atomic E-state index is 13.2. The van der Waals surface area contributed by atoms with E-state index in [1.165, 1.54) is 35.2 Å². The molecule has 0 saturated carbocycles. The molecule has 2 aromatic carbocycles. The van der Waals surface area contributed by atoms with Crippen LogP contribution in [-0.2, 0) is 11.3 Å². The summed E-state index contributed by atoms with van der Waals surface area (Å²) < 4.78 is 13.2. The fraction of sp³-hybridized carbons (Fsp3) is 0.136. The minimum atomic E-state index is -0.454. The van der Waals surface area contributed by atoms with Crippen LogP contribution in [0.15, 0.2) is 63.9 Å². The minimum Gasteiger partial charge on any atom is -0.351 e. The van der Waals surface area contributed by atoms with Crippen molar-refractivity contribution >= 4 is 50.8 Å². The Kier molecular flexibility index (Phi) is 6.41. The van der Waals surface area contributed by atoms with E-state index in [2.05, 4.69) is 15.3 Å². The summed E-state index contributed by atoms with van der Waals surface area (Å²) in [7, 11) is 0. The number of halogens is 2. The second-order valence-corrected chi connectivity index (χ2v) is 9.44. The Labute approximate surface area is 190 Å².